The van der Waals surface area contributed by atoms with Crippen LogP contribution in [0.5, 0.6) is 0 Å². The molecule has 0 fully saturated rings. The van der Waals surface area contributed by atoms with Crippen molar-refractivity contribution in [2.24, 2.45) is 0 Å². The van der Waals surface area contributed by atoms with E-state index >= 15 is 0 Å². The van der Waals surface area contributed by atoms with Crippen LogP contribution in [0.3, 0.4) is 0 Å². The average Bonchev–Trinajstić information content (AvgIpc) is 3.25. The van der Waals surface area contributed by atoms with Crippen LogP contribution in [0, 0.1) is 11.3 Å². The summed E-state index contributed by atoms with van der Waals surface area (Å²) < 4.78 is 5.51. The van der Waals surface area contributed by atoms with Crippen LogP contribution in [0.25, 0.3) is 10.9 Å². The first kappa shape index (κ1) is 22.1. The van der Waals surface area contributed by atoms with Crippen molar-refractivity contribution in [3.8, 4) is 6.07 Å². The lowest BCUT2D eigenvalue weighted by atomic mass is 10.0. The second-order valence-electron chi connectivity index (χ2n) is 7.49. The number of para-hydroxylation sites is 1. The van der Waals surface area contributed by atoms with Gasteiger partial charge in [-0.2, -0.15) is 5.26 Å². The predicted octanol–water partition coefficient (Wildman–Crippen LogP) is 4.78. The maximum Gasteiger partial charge on any atom is 0.329 e. The zero-order chi connectivity index (χ0) is 23.2. The highest BCUT2D eigenvalue weighted by Crippen LogP contribution is 2.21. The van der Waals surface area contributed by atoms with E-state index in [4.69, 9.17) is 21.6 Å². The monoisotopic (exact) mass is 457 g/mol. The highest BCUT2D eigenvalue weighted by atomic mass is 35.5. The number of rotatable bonds is 7. The minimum atomic E-state index is -0.925. The van der Waals surface area contributed by atoms with E-state index in [1.807, 2.05) is 36.5 Å². The summed E-state index contributed by atoms with van der Waals surface area (Å²) in [6, 6.07) is 22.3. The maximum atomic E-state index is 13.0. The number of hydrogen-bond donors (Lipinski definition) is 2. The van der Waals surface area contributed by atoms with Crippen LogP contribution in [-0.4, -0.2) is 22.9 Å². The Morgan fingerprint density at radius 3 is 2.52 bits per heavy atom. The minimum absolute atomic E-state index is 0.0247. The van der Waals surface area contributed by atoms with Crippen LogP contribution in [0.4, 0.5) is 0 Å². The molecule has 1 unspecified atom stereocenters. The van der Waals surface area contributed by atoms with E-state index in [1.54, 1.807) is 48.5 Å². The Kier molecular flexibility index (Phi) is 6.72. The van der Waals surface area contributed by atoms with Gasteiger partial charge >= 0.3 is 5.97 Å². The van der Waals surface area contributed by atoms with Gasteiger partial charge in [0.25, 0.3) is 5.91 Å². The van der Waals surface area contributed by atoms with E-state index in [-0.39, 0.29) is 18.6 Å². The zero-order valence-corrected chi connectivity index (χ0v) is 18.3. The number of fused-ring (bicyclic) bond motifs is 1. The molecule has 164 valence electrons. The molecule has 0 radical (unpaired) electrons. The van der Waals surface area contributed by atoms with Crippen molar-refractivity contribution in [1.82, 2.24) is 10.3 Å². The molecule has 4 aromatic rings. The van der Waals surface area contributed by atoms with Crippen molar-refractivity contribution in [3.63, 3.8) is 0 Å². The number of nitrogens with one attached hydrogen (secondary N) is 2. The van der Waals surface area contributed by atoms with Crippen molar-refractivity contribution in [2.45, 2.75) is 19.1 Å². The largest absolute Gasteiger partial charge is 0.459 e. The summed E-state index contributed by atoms with van der Waals surface area (Å²) in [5.41, 5.74) is 3.36. The third-order valence-corrected chi connectivity index (χ3v) is 5.60. The first-order valence-corrected chi connectivity index (χ1v) is 10.7. The highest BCUT2D eigenvalue weighted by molar-refractivity contribution is 6.33. The van der Waals surface area contributed by atoms with Gasteiger partial charge in [0.05, 0.1) is 22.2 Å². The molecule has 0 saturated heterocycles. The zero-order valence-electron chi connectivity index (χ0n) is 17.5. The number of nitrogens with zero attached hydrogens (tertiary/aromatic N) is 1. The van der Waals surface area contributed by atoms with E-state index in [9.17, 15) is 9.59 Å². The Morgan fingerprint density at radius 2 is 1.76 bits per heavy atom. The van der Waals surface area contributed by atoms with Gasteiger partial charge in [0, 0.05) is 23.5 Å². The van der Waals surface area contributed by atoms with E-state index in [0.717, 1.165) is 22.0 Å². The summed E-state index contributed by atoms with van der Waals surface area (Å²) in [5, 5.41) is 13.0. The number of carbonyl (C=O) groups is 2. The van der Waals surface area contributed by atoms with Crippen molar-refractivity contribution >= 4 is 34.4 Å². The number of halogens is 1. The summed E-state index contributed by atoms with van der Waals surface area (Å²) in [5.74, 6) is -1.02. The third kappa shape index (κ3) is 5.22. The van der Waals surface area contributed by atoms with Crippen molar-refractivity contribution in [2.75, 3.05) is 0 Å². The molecule has 1 aromatic heterocycles. The minimum Gasteiger partial charge on any atom is -0.459 e. The number of amides is 1. The molecule has 4 rings (SSSR count). The molecule has 0 aliphatic rings. The summed E-state index contributed by atoms with van der Waals surface area (Å²) in [4.78, 5) is 29.1. The molecule has 2 N–H and O–H groups in total. The Morgan fingerprint density at radius 1 is 1.03 bits per heavy atom. The molecular weight excluding hydrogens is 438 g/mol. The standard InChI is InChI=1S/C26H20ClN3O3/c27-22-7-3-1-6-21(22)25(31)30-24(13-19-15-29-23-8-4-2-5-20(19)23)26(32)33-16-18-11-9-17(14-28)10-12-18/h1-12,15,24,29H,13,16H2,(H,30,31). The molecule has 3 aromatic carbocycles. The molecule has 33 heavy (non-hydrogen) atoms. The topological polar surface area (TPSA) is 95.0 Å². The van der Waals surface area contributed by atoms with Gasteiger partial charge in [-0.3, -0.25) is 4.79 Å². The van der Waals surface area contributed by atoms with Gasteiger partial charge in [-0.15, -0.1) is 0 Å². The molecule has 0 aliphatic heterocycles. The molecule has 0 saturated carbocycles. The van der Waals surface area contributed by atoms with Crippen LogP contribution in [0.1, 0.15) is 27.0 Å². The van der Waals surface area contributed by atoms with Gasteiger partial charge in [-0.25, -0.2) is 4.79 Å². The van der Waals surface area contributed by atoms with Crippen LogP contribution in [0.2, 0.25) is 5.02 Å². The smallest absolute Gasteiger partial charge is 0.329 e. The second kappa shape index (κ2) is 10.0. The van der Waals surface area contributed by atoms with Gasteiger partial charge in [0.1, 0.15) is 12.6 Å². The van der Waals surface area contributed by atoms with Crippen LogP contribution in [0.15, 0.2) is 79.0 Å². The van der Waals surface area contributed by atoms with Gasteiger partial charge in [-0.1, -0.05) is 54.1 Å². The van der Waals surface area contributed by atoms with Gasteiger partial charge in [-0.05, 0) is 41.5 Å². The third-order valence-electron chi connectivity index (χ3n) is 5.27. The molecule has 0 aliphatic carbocycles. The normalized spacial score (nSPS) is 11.5. The predicted molar refractivity (Wildman–Crippen MR) is 126 cm³/mol. The Labute approximate surface area is 195 Å². The lowest BCUT2D eigenvalue weighted by molar-refractivity contribution is -0.147. The van der Waals surface area contributed by atoms with E-state index in [2.05, 4.69) is 10.3 Å². The Hall–Kier alpha value is -4.08. The maximum absolute atomic E-state index is 13.0. The number of nitriles is 1. The van der Waals surface area contributed by atoms with Crippen molar-refractivity contribution in [1.29, 1.82) is 5.26 Å². The molecule has 6 nitrogen and oxygen atoms in total. The number of hydrogen-bond acceptors (Lipinski definition) is 4. The van der Waals surface area contributed by atoms with E-state index in [1.165, 1.54) is 0 Å². The number of H-pyrrole nitrogens is 1. The first-order chi connectivity index (χ1) is 16.0. The fraction of sp³-hybridized carbons (Fsp3) is 0.115. The quantitative estimate of drug-likeness (QED) is 0.390. The fourth-order valence-electron chi connectivity index (χ4n) is 3.53. The van der Waals surface area contributed by atoms with Crippen molar-refractivity contribution < 1.29 is 14.3 Å². The number of carbonyl (C=O) groups excluding carboxylic acids is 2. The number of aromatic amines is 1. The highest BCUT2D eigenvalue weighted by Gasteiger charge is 2.25. The molecule has 7 heteroatoms. The van der Waals surface area contributed by atoms with Crippen LogP contribution in [-0.2, 0) is 22.6 Å². The summed E-state index contributed by atoms with van der Waals surface area (Å²) in [7, 11) is 0. The number of esters is 1. The van der Waals surface area contributed by atoms with E-state index in [0.29, 0.717) is 10.6 Å². The van der Waals surface area contributed by atoms with Gasteiger partial charge < -0.3 is 15.0 Å². The van der Waals surface area contributed by atoms with Gasteiger partial charge in [0.2, 0.25) is 0 Å². The Bertz CT molecular complexity index is 1340. The number of ether oxygens (including phenoxy) is 1. The molecular formula is C26H20ClN3O3. The fourth-order valence-corrected chi connectivity index (χ4v) is 3.75. The Balaban J connectivity index is 1.54. The van der Waals surface area contributed by atoms with Crippen LogP contribution >= 0.6 is 11.6 Å². The molecule has 0 bridgehead atoms. The van der Waals surface area contributed by atoms with Crippen molar-refractivity contribution in [3.05, 3.63) is 106 Å². The molecule has 0 spiro atoms. The summed E-state index contributed by atoms with van der Waals surface area (Å²) >= 11 is 6.16. The average molecular weight is 458 g/mol. The van der Waals surface area contributed by atoms with E-state index < -0.39 is 17.9 Å². The van der Waals surface area contributed by atoms with Crippen LogP contribution < -0.4 is 5.32 Å². The molecule has 1 amide bonds. The van der Waals surface area contributed by atoms with Gasteiger partial charge in [0.15, 0.2) is 0 Å². The lowest BCUT2D eigenvalue weighted by Crippen LogP contribution is -2.43. The SMILES string of the molecule is N#Cc1ccc(COC(=O)C(Cc2c[nH]c3ccccc23)NC(=O)c2ccccc2Cl)cc1. The number of aromatic nitrogens is 1. The summed E-state index contributed by atoms with van der Waals surface area (Å²) in [6.45, 7) is 0.0247. The first-order valence-electron chi connectivity index (χ1n) is 10.3. The number of benzene rings is 3. The second-order valence-corrected chi connectivity index (χ2v) is 7.89. The lowest BCUT2D eigenvalue weighted by Gasteiger charge is -2.18. The molecule has 1 atom stereocenters. The molecule has 1 heterocycles. The summed E-state index contributed by atoms with van der Waals surface area (Å²) in [6.07, 6.45) is 2.07.